The Hall–Kier alpha value is -2.14. The second-order valence-corrected chi connectivity index (χ2v) is 5.49. The van der Waals surface area contributed by atoms with Gasteiger partial charge in [-0.2, -0.15) is 5.10 Å². The average Bonchev–Trinajstić information content (AvgIpc) is 2.85. The molecular formula is C17H23N3O2. The van der Waals surface area contributed by atoms with Crippen LogP contribution in [0.1, 0.15) is 41.5 Å². The van der Waals surface area contributed by atoms with E-state index in [9.17, 15) is 9.90 Å². The molecule has 118 valence electrons. The quantitative estimate of drug-likeness (QED) is 0.861. The molecule has 0 radical (unpaired) electrons. The van der Waals surface area contributed by atoms with Crippen molar-refractivity contribution in [1.29, 1.82) is 0 Å². The molecule has 2 rings (SSSR count). The molecule has 0 saturated heterocycles. The van der Waals surface area contributed by atoms with Crippen LogP contribution in [0, 0.1) is 13.8 Å². The lowest BCUT2D eigenvalue weighted by molar-refractivity contribution is 0.0942. The first kappa shape index (κ1) is 16.2. The number of benzene rings is 1. The number of aromatic nitrogens is 2. The minimum atomic E-state index is -0.353. The van der Waals surface area contributed by atoms with Crippen molar-refractivity contribution in [2.45, 2.75) is 39.7 Å². The molecule has 2 aromatic rings. The second kappa shape index (κ2) is 7.22. The van der Waals surface area contributed by atoms with Gasteiger partial charge in [0.25, 0.3) is 5.91 Å². The lowest BCUT2D eigenvalue weighted by Gasteiger charge is -2.09. The van der Waals surface area contributed by atoms with Crippen molar-refractivity contribution >= 4 is 5.91 Å². The van der Waals surface area contributed by atoms with E-state index in [0.717, 1.165) is 17.1 Å². The number of nitrogens with one attached hydrogen (secondary N) is 1. The Balaban J connectivity index is 1.99. The van der Waals surface area contributed by atoms with Crippen LogP contribution in [-0.2, 0) is 0 Å². The van der Waals surface area contributed by atoms with Crippen LogP contribution in [0.25, 0.3) is 5.69 Å². The summed E-state index contributed by atoms with van der Waals surface area (Å²) in [7, 11) is 0. The predicted molar refractivity (Wildman–Crippen MR) is 86.3 cm³/mol. The number of amides is 1. The number of carbonyl (C=O) groups excluding carboxylic acids is 1. The molecule has 0 aliphatic rings. The van der Waals surface area contributed by atoms with E-state index in [4.69, 9.17) is 0 Å². The zero-order chi connectivity index (χ0) is 16.1. The summed E-state index contributed by atoms with van der Waals surface area (Å²) in [4.78, 5) is 12.0. The molecule has 22 heavy (non-hydrogen) atoms. The third kappa shape index (κ3) is 3.95. The van der Waals surface area contributed by atoms with Crippen molar-refractivity contribution in [3.05, 3.63) is 47.3 Å². The molecule has 2 N–H and O–H groups in total. The van der Waals surface area contributed by atoms with Gasteiger partial charge in [-0.25, -0.2) is 4.68 Å². The largest absolute Gasteiger partial charge is 0.393 e. The summed E-state index contributed by atoms with van der Waals surface area (Å²) in [5.41, 5.74) is 3.57. The van der Waals surface area contributed by atoms with Crippen molar-refractivity contribution in [3.8, 4) is 5.69 Å². The van der Waals surface area contributed by atoms with Gasteiger partial charge in [-0.3, -0.25) is 4.79 Å². The van der Waals surface area contributed by atoms with Crippen LogP contribution in [0.3, 0.4) is 0 Å². The molecule has 0 saturated carbocycles. The zero-order valence-electron chi connectivity index (χ0n) is 13.3. The van der Waals surface area contributed by atoms with Crippen molar-refractivity contribution < 1.29 is 9.90 Å². The van der Waals surface area contributed by atoms with Gasteiger partial charge in [0.1, 0.15) is 0 Å². The smallest absolute Gasteiger partial charge is 0.251 e. The van der Waals surface area contributed by atoms with Gasteiger partial charge in [-0.15, -0.1) is 0 Å². The number of aliphatic hydroxyl groups excluding tert-OH is 1. The van der Waals surface area contributed by atoms with E-state index < -0.39 is 0 Å². The Morgan fingerprint density at radius 2 is 2.00 bits per heavy atom. The number of carbonyl (C=O) groups is 1. The van der Waals surface area contributed by atoms with Gasteiger partial charge in [0.15, 0.2) is 0 Å². The van der Waals surface area contributed by atoms with Gasteiger partial charge in [-0.1, -0.05) is 6.92 Å². The van der Waals surface area contributed by atoms with E-state index in [1.54, 1.807) is 12.1 Å². The van der Waals surface area contributed by atoms with Crippen LogP contribution in [0.4, 0.5) is 0 Å². The summed E-state index contributed by atoms with van der Waals surface area (Å²) in [5.74, 6) is -0.122. The van der Waals surface area contributed by atoms with E-state index in [-0.39, 0.29) is 12.0 Å². The summed E-state index contributed by atoms with van der Waals surface area (Å²) in [6, 6.07) is 9.36. The molecule has 5 nitrogen and oxygen atoms in total. The first-order valence-corrected chi connectivity index (χ1v) is 7.61. The van der Waals surface area contributed by atoms with Crippen LogP contribution in [0.15, 0.2) is 30.3 Å². The SMILES string of the molecule is CCC(O)CCNC(=O)c1ccc(-n2nc(C)cc2C)cc1. The number of hydrogen-bond donors (Lipinski definition) is 2. The highest BCUT2D eigenvalue weighted by atomic mass is 16.3. The maximum Gasteiger partial charge on any atom is 0.251 e. The standard InChI is InChI=1S/C17H23N3O2/c1-4-16(21)9-10-18-17(22)14-5-7-15(8-6-14)20-13(3)11-12(2)19-20/h5-8,11,16,21H,4,9-10H2,1-3H3,(H,18,22). The third-order valence-electron chi connectivity index (χ3n) is 3.62. The fraction of sp³-hybridized carbons (Fsp3) is 0.412. The number of rotatable bonds is 6. The molecule has 1 aromatic carbocycles. The molecule has 0 spiro atoms. The highest BCUT2D eigenvalue weighted by Crippen LogP contribution is 2.13. The van der Waals surface area contributed by atoms with Gasteiger partial charge in [0.05, 0.1) is 17.5 Å². The molecule has 0 fully saturated rings. The summed E-state index contributed by atoms with van der Waals surface area (Å²) < 4.78 is 1.86. The van der Waals surface area contributed by atoms with Gasteiger partial charge in [0.2, 0.25) is 0 Å². The number of aliphatic hydroxyl groups is 1. The van der Waals surface area contributed by atoms with Gasteiger partial charge in [-0.05, 0) is 57.0 Å². The van der Waals surface area contributed by atoms with Gasteiger partial charge >= 0.3 is 0 Å². The Bertz CT molecular complexity index is 632. The monoisotopic (exact) mass is 301 g/mol. The number of nitrogens with zero attached hydrogens (tertiary/aromatic N) is 2. The minimum Gasteiger partial charge on any atom is -0.393 e. The van der Waals surface area contributed by atoms with E-state index in [1.807, 2.05) is 43.7 Å². The van der Waals surface area contributed by atoms with Crippen LogP contribution in [-0.4, -0.2) is 33.4 Å². The first-order valence-electron chi connectivity index (χ1n) is 7.61. The summed E-state index contributed by atoms with van der Waals surface area (Å²) >= 11 is 0. The number of aryl methyl sites for hydroxylation is 2. The predicted octanol–water partition coefficient (Wildman–Crippen LogP) is 2.38. The molecule has 1 aromatic heterocycles. The maximum absolute atomic E-state index is 12.0. The molecular weight excluding hydrogens is 278 g/mol. The zero-order valence-corrected chi connectivity index (χ0v) is 13.3. The topological polar surface area (TPSA) is 67.2 Å². The lowest BCUT2D eigenvalue weighted by Crippen LogP contribution is -2.27. The molecule has 1 atom stereocenters. The Kier molecular flexibility index (Phi) is 5.33. The van der Waals surface area contributed by atoms with Crippen LogP contribution < -0.4 is 5.32 Å². The van der Waals surface area contributed by atoms with Crippen LogP contribution >= 0.6 is 0 Å². The maximum atomic E-state index is 12.0. The van der Waals surface area contributed by atoms with E-state index in [2.05, 4.69) is 10.4 Å². The Labute approximate surface area is 131 Å². The van der Waals surface area contributed by atoms with Gasteiger partial charge in [0, 0.05) is 17.8 Å². The highest BCUT2D eigenvalue weighted by Gasteiger charge is 2.08. The fourth-order valence-corrected chi connectivity index (χ4v) is 2.30. The fourth-order valence-electron chi connectivity index (χ4n) is 2.30. The minimum absolute atomic E-state index is 0.122. The molecule has 1 amide bonds. The van der Waals surface area contributed by atoms with Crippen molar-refractivity contribution in [3.63, 3.8) is 0 Å². The molecule has 0 aliphatic carbocycles. The first-order chi connectivity index (χ1) is 10.5. The molecule has 1 heterocycles. The normalized spacial score (nSPS) is 12.2. The Morgan fingerprint density at radius 1 is 1.32 bits per heavy atom. The molecule has 0 bridgehead atoms. The van der Waals surface area contributed by atoms with Gasteiger partial charge < -0.3 is 10.4 Å². The highest BCUT2D eigenvalue weighted by molar-refractivity contribution is 5.94. The summed E-state index contributed by atoms with van der Waals surface area (Å²) in [6.07, 6.45) is 0.924. The molecule has 5 heteroatoms. The lowest BCUT2D eigenvalue weighted by atomic mass is 10.1. The van der Waals surface area contributed by atoms with E-state index in [0.29, 0.717) is 24.9 Å². The van der Waals surface area contributed by atoms with E-state index in [1.165, 1.54) is 0 Å². The van der Waals surface area contributed by atoms with Crippen LogP contribution in [0.5, 0.6) is 0 Å². The van der Waals surface area contributed by atoms with Crippen molar-refractivity contribution in [2.24, 2.45) is 0 Å². The van der Waals surface area contributed by atoms with Crippen molar-refractivity contribution in [1.82, 2.24) is 15.1 Å². The molecule has 1 unspecified atom stereocenters. The second-order valence-electron chi connectivity index (χ2n) is 5.49. The number of hydrogen-bond acceptors (Lipinski definition) is 3. The van der Waals surface area contributed by atoms with E-state index >= 15 is 0 Å². The summed E-state index contributed by atoms with van der Waals surface area (Å²) in [6.45, 7) is 6.35. The third-order valence-corrected chi connectivity index (χ3v) is 3.62. The average molecular weight is 301 g/mol. The van der Waals surface area contributed by atoms with Crippen molar-refractivity contribution in [2.75, 3.05) is 6.54 Å². The van der Waals surface area contributed by atoms with Crippen LogP contribution in [0.2, 0.25) is 0 Å². The summed E-state index contributed by atoms with van der Waals surface area (Å²) in [5, 5.41) is 16.7. The Morgan fingerprint density at radius 3 is 2.55 bits per heavy atom. The molecule has 0 aliphatic heterocycles.